The maximum atomic E-state index is 13.1. The van der Waals surface area contributed by atoms with Crippen LogP contribution in [-0.4, -0.2) is 24.9 Å². The number of anilines is 1. The second-order valence-electron chi connectivity index (χ2n) is 5.11. The summed E-state index contributed by atoms with van der Waals surface area (Å²) in [6.45, 7) is 2.27. The molecule has 0 saturated carbocycles. The number of nitrogens with one attached hydrogen (secondary N) is 2. The van der Waals surface area contributed by atoms with Gasteiger partial charge in [0.2, 0.25) is 0 Å². The molecule has 0 bridgehead atoms. The van der Waals surface area contributed by atoms with Crippen LogP contribution in [0.2, 0.25) is 0 Å². The topological polar surface area (TPSA) is 42.5 Å². The first kappa shape index (κ1) is 17.9. The molecule has 0 spiro atoms. The summed E-state index contributed by atoms with van der Waals surface area (Å²) in [6.07, 6.45) is 0. The molecule has 2 rings (SSSR count). The molecule has 2 aromatic carbocycles. The zero-order valence-electron chi connectivity index (χ0n) is 13.3. The number of ether oxygens (including phenoxy) is 2. The van der Waals surface area contributed by atoms with Crippen molar-refractivity contribution in [1.82, 2.24) is 5.32 Å². The van der Waals surface area contributed by atoms with E-state index < -0.39 is 11.6 Å². The van der Waals surface area contributed by atoms with Gasteiger partial charge >= 0.3 is 0 Å². The van der Waals surface area contributed by atoms with Crippen LogP contribution in [0.5, 0.6) is 11.5 Å². The Labute approximate surface area is 144 Å². The highest BCUT2D eigenvalue weighted by Gasteiger charge is 2.08. The van der Waals surface area contributed by atoms with E-state index in [4.69, 9.17) is 21.7 Å². The number of hydrogen-bond donors (Lipinski definition) is 2. The smallest absolute Gasteiger partial charge is 0.171 e. The minimum Gasteiger partial charge on any atom is -0.497 e. The summed E-state index contributed by atoms with van der Waals surface area (Å²) in [6, 6.07) is 10.6. The molecule has 0 aliphatic rings. The number of thiocarbonyl (C=S) groups is 1. The molecular weight excluding hydrogens is 334 g/mol. The SMILES string of the molecule is COc1ccc(OC[C@@H](C)NC(=S)Nc2ccc(F)c(F)c2)cc1. The quantitative estimate of drug-likeness (QED) is 0.776. The van der Waals surface area contributed by atoms with Crippen LogP contribution < -0.4 is 20.1 Å². The van der Waals surface area contributed by atoms with Crippen molar-refractivity contribution in [2.75, 3.05) is 19.0 Å². The van der Waals surface area contributed by atoms with Gasteiger partial charge in [0, 0.05) is 11.8 Å². The Morgan fingerprint density at radius 3 is 2.38 bits per heavy atom. The van der Waals surface area contributed by atoms with Gasteiger partial charge in [-0.05, 0) is 55.5 Å². The number of methoxy groups -OCH3 is 1. The minimum absolute atomic E-state index is 0.0857. The van der Waals surface area contributed by atoms with Crippen LogP contribution in [0.3, 0.4) is 0 Å². The summed E-state index contributed by atoms with van der Waals surface area (Å²) in [5.74, 6) is -0.367. The molecule has 0 aliphatic carbocycles. The largest absolute Gasteiger partial charge is 0.497 e. The third-order valence-electron chi connectivity index (χ3n) is 3.11. The maximum Gasteiger partial charge on any atom is 0.171 e. The lowest BCUT2D eigenvalue weighted by Crippen LogP contribution is -2.39. The molecule has 0 aromatic heterocycles. The highest BCUT2D eigenvalue weighted by atomic mass is 32.1. The number of benzene rings is 2. The third kappa shape index (κ3) is 5.34. The van der Waals surface area contributed by atoms with Crippen molar-refractivity contribution in [2.24, 2.45) is 0 Å². The average Bonchev–Trinajstić information content (AvgIpc) is 2.56. The van der Waals surface area contributed by atoms with Gasteiger partial charge in [0.05, 0.1) is 13.2 Å². The van der Waals surface area contributed by atoms with E-state index in [1.54, 1.807) is 7.11 Å². The molecule has 0 fully saturated rings. The molecule has 2 N–H and O–H groups in total. The molecule has 24 heavy (non-hydrogen) atoms. The summed E-state index contributed by atoms with van der Waals surface area (Å²) in [5.41, 5.74) is 0.370. The fraction of sp³-hybridized carbons (Fsp3) is 0.235. The summed E-state index contributed by atoms with van der Waals surface area (Å²) < 4.78 is 36.7. The van der Waals surface area contributed by atoms with Crippen LogP contribution in [-0.2, 0) is 0 Å². The zero-order chi connectivity index (χ0) is 17.5. The molecule has 1 atom stereocenters. The van der Waals surface area contributed by atoms with E-state index in [2.05, 4.69) is 10.6 Å². The van der Waals surface area contributed by atoms with Crippen molar-refractivity contribution in [3.63, 3.8) is 0 Å². The third-order valence-corrected chi connectivity index (χ3v) is 3.33. The molecule has 0 aliphatic heterocycles. The molecule has 0 unspecified atom stereocenters. The van der Waals surface area contributed by atoms with Crippen molar-refractivity contribution < 1.29 is 18.3 Å². The first-order chi connectivity index (χ1) is 11.5. The van der Waals surface area contributed by atoms with Gasteiger partial charge in [0.1, 0.15) is 18.1 Å². The van der Waals surface area contributed by atoms with Gasteiger partial charge in [0.15, 0.2) is 16.7 Å². The van der Waals surface area contributed by atoms with Gasteiger partial charge in [-0.3, -0.25) is 0 Å². The Balaban J connectivity index is 1.79. The van der Waals surface area contributed by atoms with Gasteiger partial charge in [-0.1, -0.05) is 0 Å². The predicted molar refractivity (Wildman–Crippen MR) is 93.7 cm³/mol. The second-order valence-corrected chi connectivity index (χ2v) is 5.52. The summed E-state index contributed by atoms with van der Waals surface area (Å²) in [5, 5.41) is 6.10. The minimum atomic E-state index is -0.932. The molecule has 4 nitrogen and oxygen atoms in total. The fourth-order valence-corrected chi connectivity index (χ4v) is 2.22. The Morgan fingerprint density at radius 2 is 1.75 bits per heavy atom. The van der Waals surface area contributed by atoms with Crippen LogP contribution in [0.25, 0.3) is 0 Å². The van der Waals surface area contributed by atoms with Crippen LogP contribution in [0.4, 0.5) is 14.5 Å². The van der Waals surface area contributed by atoms with Crippen molar-refractivity contribution in [3.8, 4) is 11.5 Å². The van der Waals surface area contributed by atoms with Crippen LogP contribution in [0.15, 0.2) is 42.5 Å². The van der Waals surface area contributed by atoms with E-state index in [1.165, 1.54) is 6.07 Å². The van der Waals surface area contributed by atoms with E-state index in [1.807, 2.05) is 31.2 Å². The van der Waals surface area contributed by atoms with Gasteiger partial charge in [-0.25, -0.2) is 8.78 Å². The summed E-state index contributed by atoms with van der Waals surface area (Å²) in [4.78, 5) is 0. The second kappa shape index (κ2) is 8.44. The monoisotopic (exact) mass is 352 g/mol. The van der Waals surface area contributed by atoms with Gasteiger partial charge in [-0.2, -0.15) is 0 Å². The van der Waals surface area contributed by atoms with Gasteiger partial charge in [-0.15, -0.1) is 0 Å². The molecule has 7 heteroatoms. The maximum absolute atomic E-state index is 13.1. The zero-order valence-corrected chi connectivity index (χ0v) is 14.1. The molecular formula is C17H18F2N2O2S. The standard InChI is InChI=1S/C17H18F2N2O2S/c1-11(10-23-14-6-4-13(22-2)5-7-14)20-17(24)21-12-3-8-15(18)16(19)9-12/h3-9,11H,10H2,1-2H3,(H2,20,21,24)/t11-/m1/s1. The van der Waals surface area contributed by atoms with E-state index in [9.17, 15) is 8.78 Å². The van der Waals surface area contributed by atoms with E-state index in [-0.39, 0.29) is 6.04 Å². The van der Waals surface area contributed by atoms with Crippen LogP contribution >= 0.6 is 12.2 Å². The summed E-state index contributed by atoms with van der Waals surface area (Å²) >= 11 is 5.14. The molecule has 2 aromatic rings. The first-order valence-electron chi connectivity index (χ1n) is 7.27. The molecule has 128 valence electrons. The van der Waals surface area contributed by atoms with Gasteiger partial charge in [0.25, 0.3) is 0 Å². The Kier molecular flexibility index (Phi) is 6.31. The number of halogens is 2. The Hall–Kier alpha value is -2.41. The molecule has 0 saturated heterocycles. The predicted octanol–water partition coefficient (Wildman–Crippen LogP) is 3.73. The average molecular weight is 352 g/mol. The number of hydrogen-bond acceptors (Lipinski definition) is 3. The van der Waals surface area contributed by atoms with E-state index in [0.29, 0.717) is 23.2 Å². The Morgan fingerprint density at radius 1 is 1.08 bits per heavy atom. The van der Waals surface area contributed by atoms with E-state index in [0.717, 1.165) is 17.9 Å². The first-order valence-corrected chi connectivity index (χ1v) is 7.68. The lowest BCUT2D eigenvalue weighted by atomic mass is 10.3. The number of rotatable bonds is 6. The van der Waals surface area contributed by atoms with E-state index >= 15 is 0 Å². The van der Waals surface area contributed by atoms with Gasteiger partial charge < -0.3 is 20.1 Å². The molecule has 0 radical (unpaired) electrons. The van der Waals surface area contributed by atoms with Crippen molar-refractivity contribution in [3.05, 3.63) is 54.1 Å². The molecule has 0 amide bonds. The van der Waals surface area contributed by atoms with Crippen LogP contribution in [0.1, 0.15) is 6.92 Å². The van der Waals surface area contributed by atoms with Crippen LogP contribution in [0, 0.1) is 11.6 Å². The fourth-order valence-electron chi connectivity index (χ4n) is 1.90. The normalized spacial score (nSPS) is 11.5. The Bertz CT molecular complexity index is 695. The molecule has 0 heterocycles. The van der Waals surface area contributed by atoms with Crippen molar-refractivity contribution in [2.45, 2.75) is 13.0 Å². The lowest BCUT2D eigenvalue weighted by Gasteiger charge is -2.18. The highest BCUT2D eigenvalue weighted by Crippen LogP contribution is 2.17. The van der Waals surface area contributed by atoms with Crippen molar-refractivity contribution in [1.29, 1.82) is 0 Å². The summed E-state index contributed by atoms with van der Waals surface area (Å²) in [7, 11) is 1.60. The van der Waals surface area contributed by atoms with Crippen molar-refractivity contribution >= 4 is 23.0 Å². The lowest BCUT2D eigenvalue weighted by molar-refractivity contribution is 0.286. The highest BCUT2D eigenvalue weighted by molar-refractivity contribution is 7.80.